The van der Waals surface area contributed by atoms with Crippen LogP contribution in [-0.4, -0.2) is 44.0 Å². The zero-order chi connectivity index (χ0) is 23.0. The van der Waals surface area contributed by atoms with Gasteiger partial charge in [0.05, 0.1) is 45.8 Å². The lowest BCUT2D eigenvalue weighted by Crippen LogP contribution is -2.05. The second kappa shape index (κ2) is 8.26. The summed E-state index contributed by atoms with van der Waals surface area (Å²) in [5, 5.41) is 4.45. The number of furan rings is 1. The van der Waals surface area contributed by atoms with Crippen molar-refractivity contribution in [2.75, 3.05) is 28.4 Å². The summed E-state index contributed by atoms with van der Waals surface area (Å²) in [5.41, 5.74) is 0.879. The highest BCUT2D eigenvalue weighted by atomic mass is 19.1. The van der Waals surface area contributed by atoms with E-state index < -0.39 is 11.6 Å². The van der Waals surface area contributed by atoms with Crippen LogP contribution in [0.3, 0.4) is 0 Å². The topological polar surface area (TPSA) is 85.0 Å². The van der Waals surface area contributed by atoms with Crippen LogP contribution in [0.5, 0.6) is 23.0 Å². The summed E-state index contributed by atoms with van der Waals surface area (Å²) < 4.78 is 43.5. The minimum atomic E-state index is -0.695. The Balaban J connectivity index is 1.99. The predicted octanol–water partition coefficient (Wildman–Crippen LogP) is 4.24. The van der Waals surface area contributed by atoms with Crippen LogP contribution in [0.15, 0.2) is 41.1 Å². The first-order valence-corrected chi connectivity index (χ1v) is 9.56. The molecule has 4 rings (SSSR count). The minimum Gasteiger partial charge on any atom is -0.494 e. The molecule has 0 saturated heterocycles. The SMILES string of the molecule is COc1cc(C(=O)c2c(-c3cnn(C)c3)oc3c(F)c(OC)ccc23)cc(OC)c1OC. The van der Waals surface area contributed by atoms with E-state index in [1.807, 2.05) is 0 Å². The highest BCUT2D eigenvalue weighted by molar-refractivity contribution is 6.20. The van der Waals surface area contributed by atoms with Crippen LogP contribution in [0, 0.1) is 5.82 Å². The second-order valence-corrected chi connectivity index (χ2v) is 6.91. The van der Waals surface area contributed by atoms with E-state index in [0.717, 1.165) is 0 Å². The normalized spacial score (nSPS) is 10.9. The van der Waals surface area contributed by atoms with Crippen molar-refractivity contribution in [3.05, 3.63) is 53.6 Å². The number of fused-ring (bicyclic) bond motifs is 1. The summed E-state index contributed by atoms with van der Waals surface area (Å²) in [6.07, 6.45) is 3.22. The Bertz CT molecular complexity index is 1300. The number of aryl methyl sites for hydroxylation is 1. The molecule has 0 atom stereocenters. The lowest BCUT2D eigenvalue weighted by molar-refractivity contribution is 0.103. The monoisotopic (exact) mass is 440 g/mol. The number of nitrogens with zero attached hydrogens (tertiary/aromatic N) is 2. The fourth-order valence-electron chi connectivity index (χ4n) is 3.59. The van der Waals surface area contributed by atoms with Gasteiger partial charge in [-0.3, -0.25) is 9.48 Å². The minimum absolute atomic E-state index is 0.00997. The zero-order valence-corrected chi connectivity index (χ0v) is 18.2. The van der Waals surface area contributed by atoms with Gasteiger partial charge in [0.25, 0.3) is 0 Å². The van der Waals surface area contributed by atoms with E-state index in [1.165, 1.54) is 46.6 Å². The van der Waals surface area contributed by atoms with Crippen molar-refractivity contribution in [1.82, 2.24) is 9.78 Å². The van der Waals surface area contributed by atoms with Crippen molar-refractivity contribution in [3.63, 3.8) is 0 Å². The van der Waals surface area contributed by atoms with Gasteiger partial charge in [-0.15, -0.1) is 0 Å². The zero-order valence-electron chi connectivity index (χ0n) is 18.2. The molecular formula is C23H21FN2O6. The molecule has 32 heavy (non-hydrogen) atoms. The molecule has 0 aliphatic carbocycles. The number of halogens is 1. The average molecular weight is 440 g/mol. The summed E-state index contributed by atoms with van der Waals surface area (Å²) in [6.45, 7) is 0. The van der Waals surface area contributed by atoms with Gasteiger partial charge in [0.15, 0.2) is 28.6 Å². The van der Waals surface area contributed by atoms with Crippen LogP contribution in [0.4, 0.5) is 4.39 Å². The molecule has 0 spiro atoms. The molecule has 0 amide bonds. The maximum Gasteiger partial charge on any atom is 0.208 e. The number of hydrogen-bond acceptors (Lipinski definition) is 7. The van der Waals surface area contributed by atoms with Gasteiger partial charge in [0, 0.05) is 24.2 Å². The van der Waals surface area contributed by atoms with Crippen LogP contribution in [0.25, 0.3) is 22.3 Å². The third-order valence-electron chi connectivity index (χ3n) is 5.10. The number of rotatable bonds is 7. The molecule has 0 unspecified atom stereocenters. The summed E-state index contributed by atoms with van der Waals surface area (Å²) in [4.78, 5) is 13.7. The van der Waals surface area contributed by atoms with Crippen molar-refractivity contribution < 1.29 is 32.5 Å². The first-order valence-electron chi connectivity index (χ1n) is 9.56. The van der Waals surface area contributed by atoms with E-state index in [0.29, 0.717) is 28.2 Å². The number of carbonyl (C=O) groups is 1. The Hall–Kier alpha value is -4.01. The van der Waals surface area contributed by atoms with Crippen molar-refractivity contribution in [1.29, 1.82) is 0 Å². The van der Waals surface area contributed by atoms with E-state index in [2.05, 4.69) is 5.10 Å². The van der Waals surface area contributed by atoms with Crippen molar-refractivity contribution >= 4 is 16.8 Å². The molecule has 9 heteroatoms. The van der Waals surface area contributed by atoms with Gasteiger partial charge in [0.2, 0.25) is 11.6 Å². The molecule has 2 heterocycles. The molecule has 0 fully saturated rings. The van der Waals surface area contributed by atoms with Crippen LogP contribution in [0.1, 0.15) is 15.9 Å². The smallest absolute Gasteiger partial charge is 0.208 e. The summed E-state index contributed by atoms with van der Waals surface area (Å²) in [5.74, 6) is 0.0877. The van der Waals surface area contributed by atoms with Crippen molar-refractivity contribution in [2.24, 2.45) is 7.05 Å². The molecular weight excluding hydrogens is 419 g/mol. The highest BCUT2D eigenvalue weighted by Crippen LogP contribution is 2.42. The fourth-order valence-corrected chi connectivity index (χ4v) is 3.59. The van der Waals surface area contributed by atoms with Gasteiger partial charge in [-0.1, -0.05) is 0 Å². The molecule has 0 bridgehead atoms. The van der Waals surface area contributed by atoms with Crippen LogP contribution in [-0.2, 0) is 7.05 Å². The number of hydrogen-bond donors (Lipinski definition) is 0. The maximum atomic E-state index is 15.0. The number of ether oxygens (including phenoxy) is 4. The summed E-state index contributed by atoms with van der Waals surface area (Å²) in [7, 11) is 7.48. The lowest BCUT2D eigenvalue weighted by Gasteiger charge is -2.13. The number of methoxy groups -OCH3 is 4. The van der Waals surface area contributed by atoms with E-state index in [-0.39, 0.29) is 28.2 Å². The third kappa shape index (κ3) is 3.31. The molecule has 8 nitrogen and oxygen atoms in total. The van der Waals surface area contributed by atoms with Crippen LogP contribution in [0.2, 0.25) is 0 Å². The molecule has 0 aliphatic rings. The van der Waals surface area contributed by atoms with E-state index in [9.17, 15) is 9.18 Å². The van der Waals surface area contributed by atoms with Gasteiger partial charge in [-0.2, -0.15) is 9.49 Å². The average Bonchev–Trinajstić information content (AvgIpc) is 3.41. The van der Waals surface area contributed by atoms with E-state index in [1.54, 1.807) is 30.2 Å². The number of carbonyl (C=O) groups excluding carboxylic acids is 1. The number of ketones is 1. The van der Waals surface area contributed by atoms with Crippen molar-refractivity contribution in [3.8, 4) is 34.3 Å². The molecule has 2 aromatic heterocycles. The fraction of sp³-hybridized carbons (Fsp3) is 0.217. The number of benzene rings is 2. The standard InChI is InChI=1S/C23H21FN2O6/c1-26-11-13(10-25-26)21-18(14-6-7-15(28-2)19(24)22(14)32-21)20(27)12-8-16(29-3)23(31-5)17(9-12)30-4/h6-11H,1-5H3. The first kappa shape index (κ1) is 21.2. The number of aromatic nitrogens is 2. The maximum absolute atomic E-state index is 15.0. The summed E-state index contributed by atoms with van der Waals surface area (Å²) in [6, 6.07) is 6.11. The quantitative estimate of drug-likeness (QED) is 0.398. The molecule has 166 valence electrons. The molecule has 0 N–H and O–H groups in total. The summed E-state index contributed by atoms with van der Waals surface area (Å²) >= 11 is 0. The first-order chi connectivity index (χ1) is 15.4. The Labute approximate surface area is 183 Å². The van der Waals surface area contributed by atoms with Gasteiger partial charge in [-0.05, 0) is 24.3 Å². The lowest BCUT2D eigenvalue weighted by atomic mass is 9.97. The Morgan fingerprint density at radius 2 is 1.66 bits per heavy atom. The molecule has 0 aliphatic heterocycles. The Morgan fingerprint density at radius 3 is 2.19 bits per heavy atom. The predicted molar refractivity (Wildman–Crippen MR) is 114 cm³/mol. The van der Waals surface area contributed by atoms with Gasteiger partial charge in [0.1, 0.15) is 5.76 Å². The third-order valence-corrected chi connectivity index (χ3v) is 5.10. The van der Waals surface area contributed by atoms with Crippen LogP contribution < -0.4 is 18.9 Å². The van der Waals surface area contributed by atoms with Crippen LogP contribution >= 0.6 is 0 Å². The molecule has 2 aromatic carbocycles. The largest absolute Gasteiger partial charge is 0.494 e. The Morgan fingerprint density at radius 1 is 1.00 bits per heavy atom. The second-order valence-electron chi connectivity index (χ2n) is 6.91. The van der Waals surface area contributed by atoms with Gasteiger partial charge < -0.3 is 23.4 Å². The van der Waals surface area contributed by atoms with E-state index in [4.69, 9.17) is 23.4 Å². The van der Waals surface area contributed by atoms with Gasteiger partial charge >= 0.3 is 0 Å². The molecule has 0 radical (unpaired) electrons. The Kier molecular flexibility index (Phi) is 5.48. The molecule has 4 aromatic rings. The van der Waals surface area contributed by atoms with E-state index >= 15 is 0 Å². The molecule has 0 saturated carbocycles. The van der Waals surface area contributed by atoms with Gasteiger partial charge in [-0.25, -0.2) is 0 Å². The highest BCUT2D eigenvalue weighted by Gasteiger charge is 2.28. The van der Waals surface area contributed by atoms with Crippen molar-refractivity contribution in [2.45, 2.75) is 0 Å².